The van der Waals surface area contributed by atoms with Crippen LogP contribution in [0, 0.1) is 0 Å². The second-order valence-electron chi connectivity index (χ2n) is 7.02. The predicted octanol–water partition coefficient (Wildman–Crippen LogP) is 4.44. The molecular formula is C22H20N6. The van der Waals surface area contributed by atoms with Gasteiger partial charge in [-0.3, -0.25) is 9.36 Å². The van der Waals surface area contributed by atoms with Gasteiger partial charge in [-0.2, -0.15) is 10.2 Å². The van der Waals surface area contributed by atoms with Gasteiger partial charge in [0.1, 0.15) is 5.65 Å². The van der Waals surface area contributed by atoms with Crippen molar-refractivity contribution in [3.63, 3.8) is 0 Å². The Kier molecular flexibility index (Phi) is 3.83. The second kappa shape index (κ2) is 6.49. The van der Waals surface area contributed by atoms with Crippen LogP contribution in [0.2, 0.25) is 0 Å². The van der Waals surface area contributed by atoms with Crippen LogP contribution in [0.5, 0.6) is 0 Å². The van der Waals surface area contributed by atoms with E-state index in [-0.39, 0.29) is 6.04 Å². The highest BCUT2D eigenvalue weighted by molar-refractivity contribution is 5.95. The largest absolute Gasteiger partial charge is 0.346 e. The summed E-state index contributed by atoms with van der Waals surface area (Å²) in [5.41, 5.74) is 6.37. The molecule has 6 nitrogen and oxygen atoms in total. The van der Waals surface area contributed by atoms with Gasteiger partial charge in [0.25, 0.3) is 0 Å². The molecule has 138 valence electrons. The minimum Gasteiger partial charge on any atom is -0.346 e. The van der Waals surface area contributed by atoms with Gasteiger partial charge in [-0.15, -0.1) is 0 Å². The van der Waals surface area contributed by atoms with Gasteiger partial charge < -0.3 is 4.98 Å². The Balaban J connectivity index is 1.54. The Morgan fingerprint density at radius 3 is 2.54 bits per heavy atom. The number of benzene rings is 1. The summed E-state index contributed by atoms with van der Waals surface area (Å²) in [6, 6.07) is 12.7. The topological polar surface area (TPSA) is 64.3 Å². The summed E-state index contributed by atoms with van der Waals surface area (Å²) in [6.45, 7) is 2.16. The zero-order chi connectivity index (χ0) is 19.1. The van der Waals surface area contributed by atoms with Gasteiger partial charge in [0.2, 0.25) is 0 Å². The minimum absolute atomic E-state index is 0.171. The molecule has 1 aromatic carbocycles. The molecule has 5 aromatic rings. The summed E-state index contributed by atoms with van der Waals surface area (Å²) in [4.78, 5) is 7.85. The van der Waals surface area contributed by atoms with Gasteiger partial charge in [0.15, 0.2) is 0 Å². The van der Waals surface area contributed by atoms with Gasteiger partial charge in [-0.1, -0.05) is 30.3 Å². The molecule has 5 rings (SSSR count). The molecule has 0 amide bonds. The van der Waals surface area contributed by atoms with Crippen LogP contribution in [0.4, 0.5) is 0 Å². The standard InChI is InChI=1S/C22H20N6/c1-15(16-6-4-3-5-7-16)28-14-19(11-26-28)21-12-24-22-20(21)8-17(9-23-22)18-10-25-27(2)13-18/h3-15H,1-2H3,(H,23,24). The van der Waals surface area contributed by atoms with Crippen LogP contribution < -0.4 is 0 Å². The lowest BCUT2D eigenvalue weighted by atomic mass is 10.1. The van der Waals surface area contributed by atoms with E-state index in [1.54, 1.807) is 4.68 Å². The molecule has 0 aliphatic rings. The van der Waals surface area contributed by atoms with Gasteiger partial charge in [0.05, 0.1) is 18.4 Å². The Morgan fingerprint density at radius 2 is 1.75 bits per heavy atom. The van der Waals surface area contributed by atoms with E-state index < -0.39 is 0 Å². The molecule has 0 aliphatic carbocycles. The Labute approximate surface area is 162 Å². The molecule has 1 N–H and O–H groups in total. The Bertz CT molecular complexity index is 1240. The predicted molar refractivity (Wildman–Crippen MR) is 110 cm³/mol. The normalized spacial score (nSPS) is 12.5. The van der Waals surface area contributed by atoms with Crippen LogP contribution in [0.15, 0.2) is 73.6 Å². The fraction of sp³-hybridized carbons (Fsp3) is 0.136. The Hall–Kier alpha value is -3.67. The summed E-state index contributed by atoms with van der Waals surface area (Å²) in [6.07, 6.45) is 11.7. The van der Waals surface area contributed by atoms with Crippen molar-refractivity contribution in [1.29, 1.82) is 0 Å². The van der Waals surface area contributed by atoms with Gasteiger partial charge in [0, 0.05) is 59.5 Å². The molecule has 28 heavy (non-hydrogen) atoms. The summed E-state index contributed by atoms with van der Waals surface area (Å²) in [5.74, 6) is 0. The number of nitrogens with one attached hydrogen (secondary N) is 1. The first-order valence-electron chi connectivity index (χ1n) is 9.24. The maximum Gasteiger partial charge on any atom is 0.137 e. The molecule has 0 radical (unpaired) electrons. The quantitative estimate of drug-likeness (QED) is 0.510. The molecule has 0 aliphatic heterocycles. The first kappa shape index (κ1) is 16.5. The fourth-order valence-corrected chi connectivity index (χ4v) is 3.54. The highest BCUT2D eigenvalue weighted by Gasteiger charge is 2.14. The van der Waals surface area contributed by atoms with Crippen LogP contribution in [0.3, 0.4) is 0 Å². The number of rotatable bonds is 4. The van der Waals surface area contributed by atoms with Gasteiger partial charge >= 0.3 is 0 Å². The highest BCUT2D eigenvalue weighted by atomic mass is 15.3. The summed E-state index contributed by atoms with van der Waals surface area (Å²) in [7, 11) is 1.92. The number of hydrogen-bond donors (Lipinski definition) is 1. The van der Waals surface area contributed by atoms with E-state index in [0.29, 0.717) is 0 Å². The van der Waals surface area contributed by atoms with E-state index in [2.05, 4.69) is 63.6 Å². The first-order chi connectivity index (χ1) is 13.7. The minimum atomic E-state index is 0.171. The van der Waals surface area contributed by atoms with E-state index in [4.69, 9.17) is 0 Å². The average Bonchev–Trinajstić information content (AvgIpc) is 3.46. The maximum atomic E-state index is 4.61. The van der Waals surface area contributed by atoms with E-state index in [9.17, 15) is 0 Å². The molecule has 0 bridgehead atoms. The van der Waals surface area contributed by atoms with Crippen molar-refractivity contribution in [3.8, 4) is 22.3 Å². The molecule has 4 aromatic heterocycles. The van der Waals surface area contributed by atoms with Crippen molar-refractivity contribution >= 4 is 11.0 Å². The third-order valence-corrected chi connectivity index (χ3v) is 5.16. The molecule has 4 heterocycles. The molecule has 0 saturated heterocycles. The lowest BCUT2D eigenvalue weighted by molar-refractivity contribution is 0.565. The lowest BCUT2D eigenvalue weighted by Gasteiger charge is -2.12. The van der Waals surface area contributed by atoms with Crippen molar-refractivity contribution in [2.24, 2.45) is 7.05 Å². The summed E-state index contributed by atoms with van der Waals surface area (Å²) < 4.78 is 3.80. The number of nitrogens with zero attached hydrogens (tertiary/aromatic N) is 5. The lowest BCUT2D eigenvalue weighted by Crippen LogP contribution is -2.06. The molecule has 6 heteroatoms. The zero-order valence-corrected chi connectivity index (χ0v) is 15.7. The summed E-state index contributed by atoms with van der Waals surface area (Å²) in [5, 5.41) is 9.95. The van der Waals surface area contributed by atoms with E-state index in [0.717, 1.165) is 33.3 Å². The monoisotopic (exact) mass is 368 g/mol. The molecular weight excluding hydrogens is 348 g/mol. The maximum absolute atomic E-state index is 4.61. The number of aryl methyl sites for hydroxylation is 1. The van der Waals surface area contributed by atoms with E-state index >= 15 is 0 Å². The third kappa shape index (κ3) is 2.79. The van der Waals surface area contributed by atoms with Crippen molar-refractivity contribution < 1.29 is 0 Å². The number of aromatic nitrogens is 6. The van der Waals surface area contributed by atoms with Crippen molar-refractivity contribution in [2.75, 3.05) is 0 Å². The van der Waals surface area contributed by atoms with Gasteiger partial charge in [-0.05, 0) is 18.6 Å². The third-order valence-electron chi connectivity index (χ3n) is 5.16. The zero-order valence-electron chi connectivity index (χ0n) is 15.7. The molecule has 0 saturated carbocycles. The van der Waals surface area contributed by atoms with Crippen molar-refractivity contribution in [2.45, 2.75) is 13.0 Å². The number of H-pyrrole nitrogens is 1. The second-order valence-corrected chi connectivity index (χ2v) is 7.02. The molecule has 0 fully saturated rings. The SMILES string of the molecule is CC(c1ccccc1)n1cc(-c2c[nH]c3ncc(-c4cnn(C)c4)cc23)cn1. The number of aromatic amines is 1. The molecule has 1 atom stereocenters. The molecule has 0 spiro atoms. The van der Waals surface area contributed by atoms with Crippen LogP contribution in [-0.4, -0.2) is 29.5 Å². The van der Waals surface area contributed by atoms with Crippen LogP contribution in [0.1, 0.15) is 18.5 Å². The van der Waals surface area contributed by atoms with Crippen LogP contribution >= 0.6 is 0 Å². The number of fused-ring (bicyclic) bond motifs is 1. The van der Waals surface area contributed by atoms with Crippen LogP contribution in [-0.2, 0) is 7.05 Å². The van der Waals surface area contributed by atoms with E-state index in [1.165, 1.54) is 5.56 Å². The van der Waals surface area contributed by atoms with Crippen molar-refractivity contribution in [1.82, 2.24) is 29.5 Å². The first-order valence-corrected chi connectivity index (χ1v) is 9.24. The highest BCUT2D eigenvalue weighted by Crippen LogP contribution is 2.31. The van der Waals surface area contributed by atoms with Crippen molar-refractivity contribution in [3.05, 3.63) is 79.1 Å². The molecule has 1 unspecified atom stereocenters. The number of pyridine rings is 1. The Morgan fingerprint density at radius 1 is 0.929 bits per heavy atom. The van der Waals surface area contributed by atoms with E-state index in [1.807, 2.05) is 48.8 Å². The van der Waals surface area contributed by atoms with Gasteiger partial charge in [-0.25, -0.2) is 4.98 Å². The fourth-order valence-electron chi connectivity index (χ4n) is 3.54. The summed E-state index contributed by atoms with van der Waals surface area (Å²) >= 11 is 0. The smallest absolute Gasteiger partial charge is 0.137 e. The van der Waals surface area contributed by atoms with Crippen LogP contribution in [0.25, 0.3) is 33.3 Å². The number of hydrogen-bond acceptors (Lipinski definition) is 3. The average molecular weight is 368 g/mol.